The zero-order valence-corrected chi connectivity index (χ0v) is 24.9. The molecular formula is C34H47N5O2. The summed E-state index contributed by atoms with van der Waals surface area (Å²) >= 11 is 0. The van der Waals surface area contributed by atoms with Crippen LogP contribution in [-0.4, -0.2) is 71.4 Å². The average molecular weight is 558 g/mol. The van der Waals surface area contributed by atoms with E-state index in [-0.39, 0.29) is 11.8 Å². The number of rotatable bonds is 11. The highest BCUT2D eigenvalue weighted by Gasteiger charge is 2.28. The van der Waals surface area contributed by atoms with E-state index in [0.717, 1.165) is 60.8 Å². The van der Waals surface area contributed by atoms with E-state index in [0.29, 0.717) is 25.6 Å². The van der Waals surface area contributed by atoms with Gasteiger partial charge in [-0.15, -0.1) is 0 Å². The maximum atomic E-state index is 13.5. The first-order valence-corrected chi connectivity index (χ1v) is 15.7. The third kappa shape index (κ3) is 7.57. The molecule has 0 saturated carbocycles. The summed E-state index contributed by atoms with van der Waals surface area (Å²) in [5.41, 5.74) is 5.83. The lowest BCUT2D eigenvalue weighted by Crippen LogP contribution is -2.52. The van der Waals surface area contributed by atoms with Gasteiger partial charge in [-0.3, -0.25) is 14.5 Å². The largest absolute Gasteiger partial charge is 0.361 e. The molecule has 0 spiro atoms. The normalized spacial score (nSPS) is 17.9. The highest BCUT2D eigenvalue weighted by atomic mass is 16.2. The lowest BCUT2D eigenvalue weighted by molar-refractivity contribution is -0.129. The number of amides is 2. The Morgan fingerprint density at radius 2 is 1.68 bits per heavy atom. The number of para-hydroxylation sites is 1. The molecule has 3 aromatic rings. The average Bonchev–Trinajstić information content (AvgIpc) is 3.42. The number of carbonyl (C=O) groups excluding carboxylic acids is 2. The number of hydrogen-bond donors (Lipinski definition) is 3. The van der Waals surface area contributed by atoms with Crippen molar-refractivity contribution in [3.8, 4) is 0 Å². The molecule has 5 rings (SSSR count). The standard InChI is InChI=1S/C34H47N5O2/c1-3-26-13-12-25(20-27(26)4-2)22-36-34(41)32(21-28-23-35-31-11-7-6-10-30(28)31)37-33(40)24-38-18-14-29(15-19-38)39-16-8-5-9-17-39/h6-7,10-13,20,23,29,32,35H,3-5,8-9,14-19,21-22,24H2,1-2H3,(H,36,41)(H,37,40). The van der Waals surface area contributed by atoms with Crippen molar-refractivity contribution in [3.63, 3.8) is 0 Å². The van der Waals surface area contributed by atoms with Crippen molar-refractivity contribution in [1.82, 2.24) is 25.4 Å². The smallest absolute Gasteiger partial charge is 0.243 e. The molecule has 2 amide bonds. The van der Waals surface area contributed by atoms with Gasteiger partial charge in [0.05, 0.1) is 6.54 Å². The fourth-order valence-electron chi connectivity index (χ4n) is 6.67. The Morgan fingerprint density at radius 1 is 0.927 bits per heavy atom. The van der Waals surface area contributed by atoms with Crippen molar-refractivity contribution in [2.75, 3.05) is 32.7 Å². The van der Waals surface area contributed by atoms with Gasteiger partial charge in [0.1, 0.15) is 6.04 Å². The Kier molecular flexibility index (Phi) is 10.1. The number of aromatic nitrogens is 1. The Bertz CT molecular complexity index is 1300. The number of H-pyrrole nitrogens is 1. The lowest BCUT2D eigenvalue weighted by Gasteiger charge is -2.40. The Hall–Kier alpha value is -3.16. The molecule has 2 fully saturated rings. The van der Waals surface area contributed by atoms with E-state index in [2.05, 4.69) is 63.5 Å². The number of piperidine rings is 2. The van der Waals surface area contributed by atoms with Crippen LogP contribution in [0.2, 0.25) is 0 Å². The number of hydrogen-bond acceptors (Lipinski definition) is 4. The van der Waals surface area contributed by atoms with Crippen LogP contribution in [0.4, 0.5) is 0 Å². The predicted octanol–water partition coefficient (Wildman–Crippen LogP) is 4.59. The second-order valence-corrected chi connectivity index (χ2v) is 11.8. The van der Waals surface area contributed by atoms with Gasteiger partial charge in [0, 0.05) is 49.2 Å². The maximum absolute atomic E-state index is 13.5. The second-order valence-electron chi connectivity index (χ2n) is 11.8. The Morgan fingerprint density at radius 3 is 2.44 bits per heavy atom. The molecule has 1 unspecified atom stereocenters. The first kappa shape index (κ1) is 29.3. The molecule has 220 valence electrons. The summed E-state index contributed by atoms with van der Waals surface area (Å²) in [4.78, 5) is 35.0. The molecule has 1 atom stereocenters. The number of aryl methyl sites for hydroxylation is 2. The highest BCUT2D eigenvalue weighted by molar-refractivity contribution is 5.90. The Balaban J connectivity index is 1.21. The first-order chi connectivity index (χ1) is 20.0. The van der Waals surface area contributed by atoms with Crippen LogP contribution in [-0.2, 0) is 35.4 Å². The molecule has 0 radical (unpaired) electrons. The van der Waals surface area contributed by atoms with Crippen LogP contribution in [0.3, 0.4) is 0 Å². The zero-order chi connectivity index (χ0) is 28.6. The summed E-state index contributed by atoms with van der Waals surface area (Å²) in [6.07, 6.45) is 10.6. The van der Waals surface area contributed by atoms with Crippen molar-refractivity contribution in [2.24, 2.45) is 0 Å². The molecule has 41 heavy (non-hydrogen) atoms. The van der Waals surface area contributed by atoms with Crippen molar-refractivity contribution in [2.45, 2.75) is 83.8 Å². The molecule has 2 saturated heterocycles. The molecular weight excluding hydrogens is 510 g/mol. The molecule has 1 aromatic heterocycles. The van der Waals surface area contributed by atoms with Crippen molar-refractivity contribution in [3.05, 3.63) is 70.9 Å². The van der Waals surface area contributed by atoms with Gasteiger partial charge in [-0.05, 0) is 79.9 Å². The van der Waals surface area contributed by atoms with Gasteiger partial charge >= 0.3 is 0 Å². The highest BCUT2D eigenvalue weighted by Crippen LogP contribution is 2.22. The minimum atomic E-state index is -0.645. The summed E-state index contributed by atoms with van der Waals surface area (Å²) in [5.74, 6) is -0.230. The van der Waals surface area contributed by atoms with E-state index in [9.17, 15) is 9.59 Å². The number of fused-ring (bicyclic) bond motifs is 1. The third-order valence-electron chi connectivity index (χ3n) is 9.08. The van der Waals surface area contributed by atoms with Gasteiger partial charge in [0.25, 0.3) is 0 Å². The third-order valence-corrected chi connectivity index (χ3v) is 9.08. The molecule has 2 aliphatic rings. The van der Waals surface area contributed by atoms with Gasteiger partial charge < -0.3 is 20.5 Å². The summed E-state index contributed by atoms with van der Waals surface area (Å²) in [6.45, 7) is 9.42. The number of carbonyl (C=O) groups is 2. The summed E-state index contributed by atoms with van der Waals surface area (Å²) in [5, 5.41) is 7.30. The number of nitrogens with one attached hydrogen (secondary N) is 3. The minimum Gasteiger partial charge on any atom is -0.361 e. The first-order valence-electron chi connectivity index (χ1n) is 15.7. The van der Waals surface area contributed by atoms with Crippen LogP contribution < -0.4 is 10.6 Å². The molecule has 2 aromatic carbocycles. The minimum absolute atomic E-state index is 0.0815. The van der Waals surface area contributed by atoms with Gasteiger partial charge in [-0.2, -0.15) is 0 Å². The van der Waals surface area contributed by atoms with Crippen molar-refractivity contribution >= 4 is 22.7 Å². The van der Waals surface area contributed by atoms with E-state index in [1.165, 1.54) is 43.5 Å². The number of likely N-dealkylation sites (tertiary alicyclic amines) is 2. The quantitative estimate of drug-likeness (QED) is 0.322. The molecule has 3 heterocycles. The van der Waals surface area contributed by atoms with Gasteiger partial charge in [0.15, 0.2) is 0 Å². The maximum Gasteiger partial charge on any atom is 0.243 e. The van der Waals surface area contributed by atoms with E-state index in [4.69, 9.17) is 0 Å². The zero-order valence-electron chi connectivity index (χ0n) is 24.9. The fourth-order valence-corrected chi connectivity index (χ4v) is 6.67. The van der Waals surface area contributed by atoms with Crippen molar-refractivity contribution in [1.29, 1.82) is 0 Å². The van der Waals surface area contributed by atoms with Crippen LogP contribution in [0.1, 0.15) is 68.2 Å². The van der Waals surface area contributed by atoms with Gasteiger partial charge in [0.2, 0.25) is 11.8 Å². The van der Waals surface area contributed by atoms with E-state index in [1.54, 1.807) is 0 Å². The molecule has 2 aliphatic heterocycles. The number of benzene rings is 2. The number of nitrogens with zero attached hydrogens (tertiary/aromatic N) is 2. The SMILES string of the molecule is CCc1ccc(CNC(=O)C(Cc2c[nH]c3ccccc23)NC(=O)CN2CCC(N3CCCCC3)CC2)cc1CC. The Labute approximate surface area is 245 Å². The van der Waals surface area contributed by atoms with Crippen LogP contribution in [0.25, 0.3) is 10.9 Å². The second kappa shape index (κ2) is 14.1. The van der Waals surface area contributed by atoms with E-state index in [1.807, 2.05) is 24.4 Å². The molecule has 7 nitrogen and oxygen atoms in total. The van der Waals surface area contributed by atoms with E-state index >= 15 is 0 Å². The van der Waals surface area contributed by atoms with Gasteiger partial charge in [-0.1, -0.05) is 56.7 Å². The monoisotopic (exact) mass is 557 g/mol. The fraction of sp³-hybridized carbons (Fsp3) is 0.529. The number of aromatic amines is 1. The summed E-state index contributed by atoms with van der Waals surface area (Å²) < 4.78 is 0. The topological polar surface area (TPSA) is 80.5 Å². The van der Waals surface area contributed by atoms with Crippen LogP contribution >= 0.6 is 0 Å². The molecule has 3 N–H and O–H groups in total. The van der Waals surface area contributed by atoms with Crippen LogP contribution in [0.5, 0.6) is 0 Å². The molecule has 0 aliphatic carbocycles. The molecule has 7 heteroatoms. The van der Waals surface area contributed by atoms with Crippen molar-refractivity contribution < 1.29 is 9.59 Å². The molecule has 0 bridgehead atoms. The van der Waals surface area contributed by atoms with E-state index < -0.39 is 6.04 Å². The summed E-state index contributed by atoms with van der Waals surface area (Å²) in [6, 6.07) is 14.6. The predicted molar refractivity (Wildman–Crippen MR) is 166 cm³/mol. The van der Waals surface area contributed by atoms with Crippen LogP contribution in [0, 0.1) is 0 Å². The lowest BCUT2D eigenvalue weighted by atomic mass is 9.99. The van der Waals surface area contributed by atoms with Crippen LogP contribution in [0.15, 0.2) is 48.7 Å². The van der Waals surface area contributed by atoms with Gasteiger partial charge in [-0.25, -0.2) is 0 Å². The summed E-state index contributed by atoms with van der Waals surface area (Å²) in [7, 11) is 0.